The second-order valence-corrected chi connectivity index (χ2v) is 5.26. The molecule has 1 aliphatic carbocycles. The van der Waals surface area contributed by atoms with Crippen molar-refractivity contribution in [2.75, 3.05) is 6.54 Å². The van der Waals surface area contributed by atoms with E-state index in [-0.39, 0.29) is 0 Å². The fourth-order valence-electron chi connectivity index (χ4n) is 2.17. The van der Waals surface area contributed by atoms with Crippen molar-refractivity contribution in [1.29, 1.82) is 0 Å². The standard InChI is InChI=1S/C11H13BrN2O/c12-10-5-8-6-14(4-3-9(8)13-10)11(15)7-1-2-7/h5,7,13H,1-4,6H2. The number of H-pyrrole nitrogens is 1. The Morgan fingerprint density at radius 2 is 2.33 bits per heavy atom. The number of aromatic nitrogens is 1. The minimum absolute atomic E-state index is 0.342. The second kappa shape index (κ2) is 3.37. The number of aromatic amines is 1. The minimum atomic E-state index is 0.342. The number of amides is 1. The van der Waals surface area contributed by atoms with Crippen molar-refractivity contribution in [2.45, 2.75) is 25.8 Å². The molecule has 4 heteroatoms. The molecular weight excluding hydrogens is 256 g/mol. The number of hydrogen-bond donors (Lipinski definition) is 1. The topological polar surface area (TPSA) is 36.1 Å². The van der Waals surface area contributed by atoms with Crippen molar-refractivity contribution in [2.24, 2.45) is 5.92 Å². The highest BCUT2D eigenvalue weighted by Gasteiger charge is 2.34. The maximum Gasteiger partial charge on any atom is 0.225 e. The lowest BCUT2D eigenvalue weighted by molar-refractivity contribution is -0.133. The first-order chi connectivity index (χ1) is 7.24. The van der Waals surface area contributed by atoms with Crippen molar-refractivity contribution in [3.63, 3.8) is 0 Å². The van der Waals surface area contributed by atoms with Crippen LogP contribution in [-0.4, -0.2) is 22.3 Å². The van der Waals surface area contributed by atoms with Gasteiger partial charge in [0.1, 0.15) is 0 Å². The van der Waals surface area contributed by atoms with Crippen molar-refractivity contribution >= 4 is 21.8 Å². The Bertz CT molecular complexity index is 409. The Balaban J connectivity index is 1.78. The van der Waals surface area contributed by atoms with Crippen LogP contribution in [0.15, 0.2) is 10.7 Å². The van der Waals surface area contributed by atoms with Crippen LogP contribution in [0.5, 0.6) is 0 Å². The summed E-state index contributed by atoms with van der Waals surface area (Å²) in [4.78, 5) is 17.2. The van der Waals surface area contributed by atoms with Crippen LogP contribution in [0.1, 0.15) is 24.1 Å². The maximum absolute atomic E-state index is 11.9. The zero-order valence-corrected chi connectivity index (χ0v) is 10.0. The first kappa shape index (κ1) is 9.46. The third-order valence-corrected chi connectivity index (χ3v) is 3.62. The third-order valence-electron chi connectivity index (χ3n) is 3.19. The van der Waals surface area contributed by atoms with Crippen molar-refractivity contribution in [3.05, 3.63) is 21.9 Å². The third kappa shape index (κ3) is 1.71. The molecule has 1 amide bonds. The van der Waals surface area contributed by atoms with Crippen LogP contribution in [-0.2, 0) is 17.8 Å². The molecule has 0 unspecified atom stereocenters. The zero-order chi connectivity index (χ0) is 10.4. The molecule has 0 bridgehead atoms. The first-order valence-electron chi connectivity index (χ1n) is 5.39. The second-order valence-electron chi connectivity index (χ2n) is 4.41. The maximum atomic E-state index is 11.9. The van der Waals surface area contributed by atoms with Gasteiger partial charge in [0.05, 0.1) is 4.60 Å². The number of halogens is 1. The lowest BCUT2D eigenvalue weighted by atomic mass is 10.1. The molecule has 15 heavy (non-hydrogen) atoms. The molecule has 1 N–H and O–H groups in total. The summed E-state index contributed by atoms with van der Waals surface area (Å²) in [5, 5.41) is 0. The van der Waals surface area contributed by atoms with Gasteiger partial charge in [-0.15, -0.1) is 0 Å². The van der Waals surface area contributed by atoms with Crippen LogP contribution in [0.4, 0.5) is 0 Å². The van der Waals surface area contributed by atoms with Crippen LogP contribution >= 0.6 is 15.9 Å². The van der Waals surface area contributed by atoms with E-state index < -0.39 is 0 Å². The zero-order valence-electron chi connectivity index (χ0n) is 8.42. The lowest BCUT2D eigenvalue weighted by Gasteiger charge is -2.27. The van der Waals surface area contributed by atoms with Gasteiger partial charge in [0.2, 0.25) is 5.91 Å². The van der Waals surface area contributed by atoms with Crippen LogP contribution in [0.25, 0.3) is 0 Å². The molecule has 1 aromatic rings. The van der Waals surface area contributed by atoms with Crippen LogP contribution in [0.2, 0.25) is 0 Å². The molecule has 0 atom stereocenters. The summed E-state index contributed by atoms with van der Waals surface area (Å²) in [6, 6.07) is 2.08. The molecule has 0 aromatic carbocycles. The Hall–Kier alpha value is -0.770. The van der Waals surface area contributed by atoms with E-state index in [1.165, 1.54) is 11.3 Å². The van der Waals surface area contributed by atoms with E-state index in [2.05, 4.69) is 27.0 Å². The highest BCUT2D eigenvalue weighted by Crippen LogP contribution is 2.33. The van der Waals surface area contributed by atoms with Gasteiger partial charge in [-0.2, -0.15) is 0 Å². The minimum Gasteiger partial charge on any atom is -0.353 e. The summed E-state index contributed by atoms with van der Waals surface area (Å²) in [6.45, 7) is 1.65. The summed E-state index contributed by atoms with van der Waals surface area (Å²) in [7, 11) is 0. The molecule has 1 aliphatic heterocycles. The lowest BCUT2D eigenvalue weighted by Crippen LogP contribution is -2.36. The van der Waals surface area contributed by atoms with E-state index in [1.807, 2.05) is 4.90 Å². The van der Waals surface area contributed by atoms with E-state index in [0.29, 0.717) is 11.8 Å². The molecule has 3 rings (SSSR count). The molecule has 1 fully saturated rings. The van der Waals surface area contributed by atoms with E-state index in [9.17, 15) is 4.79 Å². The Labute approximate surface area is 97.0 Å². The number of carbonyl (C=O) groups excluding carboxylic acids is 1. The predicted octanol–water partition coefficient (Wildman–Crippen LogP) is 2.07. The highest BCUT2D eigenvalue weighted by molar-refractivity contribution is 9.10. The van der Waals surface area contributed by atoms with Gasteiger partial charge in [0.15, 0.2) is 0 Å². The van der Waals surface area contributed by atoms with Gasteiger partial charge in [-0.1, -0.05) is 0 Å². The average molecular weight is 269 g/mol. The smallest absolute Gasteiger partial charge is 0.225 e. The molecule has 0 radical (unpaired) electrons. The molecule has 3 nitrogen and oxygen atoms in total. The van der Waals surface area contributed by atoms with Crippen LogP contribution < -0.4 is 0 Å². The van der Waals surface area contributed by atoms with Crippen LogP contribution in [0.3, 0.4) is 0 Å². The molecule has 2 heterocycles. The quantitative estimate of drug-likeness (QED) is 0.832. The summed E-state index contributed by atoms with van der Waals surface area (Å²) < 4.78 is 1.02. The Kier molecular flexibility index (Phi) is 2.12. The van der Waals surface area contributed by atoms with Gasteiger partial charge in [-0.25, -0.2) is 0 Å². The molecular formula is C11H13BrN2O. The van der Waals surface area contributed by atoms with Crippen molar-refractivity contribution in [3.8, 4) is 0 Å². The van der Waals surface area contributed by atoms with Gasteiger partial charge in [-0.3, -0.25) is 4.79 Å². The average Bonchev–Trinajstić information content (AvgIpc) is 2.98. The summed E-state index contributed by atoms with van der Waals surface area (Å²) in [6.07, 6.45) is 3.15. The number of hydrogen-bond acceptors (Lipinski definition) is 1. The number of carbonyl (C=O) groups is 1. The fraction of sp³-hybridized carbons (Fsp3) is 0.545. The fourth-order valence-corrected chi connectivity index (χ4v) is 2.69. The number of nitrogens with one attached hydrogen (secondary N) is 1. The molecule has 1 aromatic heterocycles. The molecule has 80 valence electrons. The summed E-state index contributed by atoms with van der Waals surface area (Å²) in [5.74, 6) is 0.701. The van der Waals surface area contributed by atoms with Crippen molar-refractivity contribution < 1.29 is 4.79 Å². The molecule has 0 spiro atoms. The summed E-state index contributed by atoms with van der Waals surface area (Å²) in [5.41, 5.74) is 2.55. The summed E-state index contributed by atoms with van der Waals surface area (Å²) >= 11 is 3.43. The Morgan fingerprint density at radius 1 is 1.53 bits per heavy atom. The van der Waals surface area contributed by atoms with Gasteiger partial charge in [0.25, 0.3) is 0 Å². The molecule has 2 aliphatic rings. The first-order valence-corrected chi connectivity index (χ1v) is 6.18. The van der Waals surface area contributed by atoms with Crippen LogP contribution in [0, 0.1) is 5.92 Å². The number of fused-ring (bicyclic) bond motifs is 1. The molecule has 1 saturated carbocycles. The van der Waals surface area contributed by atoms with E-state index in [1.54, 1.807) is 0 Å². The van der Waals surface area contributed by atoms with E-state index >= 15 is 0 Å². The number of nitrogens with zero attached hydrogens (tertiary/aromatic N) is 1. The van der Waals surface area contributed by atoms with Gasteiger partial charge in [0, 0.05) is 31.1 Å². The van der Waals surface area contributed by atoms with E-state index in [0.717, 1.165) is 37.0 Å². The van der Waals surface area contributed by atoms with E-state index in [4.69, 9.17) is 0 Å². The number of rotatable bonds is 1. The van der Waals surface area contributed by atoms with Gasteiger partial charge in [-0.05, 0) is 40.4 Å². The Morgan fingerprint density at radius 3 is 3.07 bits per heavy atom. The highest BCUT2D eigenvalue weighted by atomic mass is 79.9. The monoisotopic (exact) mass is 268 g/mol. The van der Waals surface area contributed by atoms with Gasteiger partial charge < -0.3 is 9.88 Å². The normalized spacial score (nSPS) is 20.2. The largest absolute Gasteiger partial charge is 0.353 e. The molecule has 0 saturated heterocycles. The SMILES string of the molecule is O=C(C1CC1)N1CCc2[nH]c(Br)cc2C1. The van der Waals surface area contributed by atoms with Gasteiger partial charge >= 0.3 is 0 Å². The van der Waals surface area contributed by atoms with Crippen molar-refractivity contribution in [1.82, 2.24) is 9.88 Å². The predicted molar refractivity (Wildman–Crippen MR) is 60.3 cm³/mol.